The van der Waals surface area contributed by atoms with Crippen LogP contribution >= 0.6 is 0 Å². The van der Waals surface area contributed by atoms with Crippen molar-refractivity contribution >= 4 is 5.91 Å². The second-order valence-corrected chi connectivity index (χ2v) is 5.06. The molecule has 0 unspecified atom stereocenters. The number of para-hydroxylation sites is 1. The fourth-order valence-corrected chi connectivity index (χ4v) is 2.47. The Labute approximate surface area is 124 Å². The van der Waals surface area contributed by atoms with Gasteiger partial charge in [-0.25, -0.2) is 4.68 Å². The Balaban J connectivity index is 1.93. The first-order chi connectivity index (χ1) is 10.5. The number of halogens is 3. The fourth-order valence-electron chi connectivity index (χ4n) is 2.47. The highest BCUT2D eigenvalue weighted by Gasteiger charge is 2.34. The van der Waals surface area contributed by atoms with Crippen molar-refractivity contribution in [3.05, 3.63) is 41.7 Å². The summed E-state index contributed by atoms with van der Waals surface area (Å²) < 4.78 is 40.0. The molecule has 8 heteroatoms. The number of alkyl halides is 3. The molecule has 0 saturated carbocycles. The summed E-state index contributed by atoms with van der Waals surface area (Å²) in [5, 5.41) is 7.39. The standard InChI is InChI=1S/C14H13F3N4O/c15-14(16,17)10-5-1-2-6-12(10)21-9-11(18-19-21)13(22)20-7-3-4-8-20/h1-2,5-6,9H,3-4,7-8H2. The van der Waals surface area contributed by atoms with Gasteiger partial charge in [0, 0.05) is 13.1 Å². The summed E-state index contributed by atoms with van der Waals surface area (Å²) in [5.41, 5.74) is -0.915. The van der Waals surface area contributed by atoms with Crippen LogP contribution in [0.25, 0.3) is 5.69 Å². The molecule has 1 aromatic carbocycles. The molecule has 0 aliphatic carbocycles. The van der Waals surface area contributed by atoms with E-state index in [1.54, 1.807) is 4.90 Å². The van der Waals surface area contributed by atoms with Crippen LogP contribution in [0.1, 0.15) is 28.9 Å². The lowest BCUT2D eigenvalue weighted by Gasteiger charge is -2.13. The number of likely N-dealkylation sites (tertiary alicyclic amines) is 1. The Morgan fingerprint density at radius 1 is 1.14 bits per heavy atom. The summed E-state index contributed by atoms with van der Waals surface area (Å²) in [4.78, 5) is 13.8. The first kappa shape index (κ1) is 14.6. The molecule has 1 amide bonds. The predicted molar refractivity (Wildman–Crippen MR) is 71.5 cm³/mol. The molecular formula is C14H13F3N4O. The van der Waals surface area contributed by atoms with Crippen molar-refractivity contribution in [2.75, 3.05) is 13.1 Å². The van der Waals surface area contributed by atoms with Crippen LogP contribution in [-0.2, 0) is 6.18 Å². The largest absolute Gasteiger partial charge is 0.418 e. The first-order valence-electron chi connectivity index (χ1n) is 6.85. The van der Waals surface area contributed by atoms with Crippen LogP contribution in [-0.4, -0.2) is 38.9 Å². The molecule has 0 radical (unpaired) electrons. The third-order valence-corrected chi connectivity index (χ3v) is 3.56. The van der Waals surface area contributed by atoms with E-state index in [0.29, 0.717) is 13.1 Å². The van der Waals surface area contributed by atoms with Crippen LogP contribution in [0.3, 0.4) is 0 Å². The van der Waals surface area contributed by atoms with Gasteiger partial charge in [0.05, 0.1) is 17.4 Å². The molecule has 1 fully saturated rings. The summed E-state index contributed by atoms with van der Waals surface area (Å²) in [6.45, 7) is 1.29. The van der Waals surface area contributed by atoms with Crippen molar-refractivity contribution in [3.8, 4) is 5.69 Å². The molecule has 1 aliphatic heterocycles. The second-order valence-electron chi connectivity index (χ2n) is 5.06. The molecule has 2 aromatic rings. The van der Waals surface area contributed by atoms with Crippen LogP contribution in [0.5, 0.6) is 0 Å². The van der Waals surface area contributed by atoms with E-state index in [-0.39, 0.29) is 17.3 Å². The average molecular weight is 310 g/mol. The molecule has 0 spiro atoms. The van der Waals surface area contributed by atoms with Crippen LogP contribution in [0.15, 0.2) is 30.5 Å². The van der Waals surface area contributed by atoms with Crippen LogP contribution in [0, 0.1) is 0 Å². The fraction of sp³-hybridized carbons (Fsp3) is 0.357. The van der Waals surface area contributed by atoms with Gasteiger partial charge in [-0.3, -0.25) is 4.79 Å². The lowest BCUT2D eigenvalue weighted by molar-refractivity contribution is -0.137. The van der Waals surface area contributed by atoms with Gasteiger partial charge in [0.1, 0.15) is 0 Å². The monoisotopic (exact) mass is 310 g/mol. The average Bonchev–Trinajstić information content (AvgIpc) is 3.17. The van der Waals surface area contributed by atoms with Gasteiger partial charge in [0.15, 0.2) is 5.69 Å². The number of benzene rings is 1. The summed E-state index contributed by atoms with van der Waals surface area (Å²) in [6.07, 6.45) is -1.40. The minimum Gasteiger partial charge on any atom is -0.337 e. The van der Waals surface area contributed by atoms with Gasteiger partial charge in [-0.05, 0) is 25.0 Å². The summed E-state index contributed by atoms with van der Waals surface area (Å²) >= 11 is 0. The molecule has 0 atom stereocenters. The molecule has 1 saturated heterocycles. The van der Waals surface area contributed by atoms with Gasteiger partial charge >= 0.3 is 6.18 Å². The Morgan fingerprint density at radius 3 is 2.50 bits per heavy atom. The quantitative estimate of drug-likeness (QED) is 0.856. The topological polar surface area (TPSA) is 51.0 Å². The number of nitrogens with zero attached hydrogens (tertiary/aromatic N) is 4. The van der Waals surface area contributed by atoms with Crippen molar-refractivity contribution in [3.63, 3.8) is 0 Å². The van der Waals surface area contributed by atoms with Crippen LogP contribution < -0.4 is 0 Å². The number of carbonyl (C=O) groups excluding carboxylic acids is 1. The van der Waals surface area contributed by atoms with E-state index in [1.807, 2.05) is 0 Å². The molecule has 1 aliphatic rings. The lowest BCUT2D eigenvalue weighted by Crippen LogP contribution is -2.27. The second kappa shape index (κ2) is 5.43. The lowest BCUT2D eigenvalue weighted by atomic mass is 10.1. The summed E-state index contributed by atoms with van der Waals surface area (Å²) in [6, 6.07) is 5.05. The minimum atomic E-state index is -4.50. The zero-order valence-electron chi connectivity index (χ0n) is 11.5. The molecule has 1 aromatic heterocycles. The number of carbonyl (C=O) groups is 1. The number of hydrogen-bond donors (Lipinski definition) is 0. The van der Waals surface area contributed by atoms with Gasteiger partial charge in [0.2, 0.25) is 0 Å². The maximum absolute atomic E-state index is 13.0. The SMILES string of the molecule is O=C(c1cn(-c2ccccc2C(F)(F)F)nn1)N1CCCC1. The van der Waals surface area contributed by atoms with E-state index >= 15 is 0 Å². The maximum Gasteiger partial charge on any atom is 0.418 e. The predicted octanol–water partition coefficient (Wildman–Crippen LogP) is 2.52. The third kappa shape index (κ3) is 2.68. The normalized spacial score (nSPS) is 15.3. The van der Waals surface area contributed by atoms with Crippen molar-refractivity contribution in [2.24, 2.45) is 0 Å². The molecule has 0 N–H and O–H groups in total. The van der Waals surface area contributed by atoms with Crippen molar-refractivity contribution in [1.82, 2.24) is 19.9 Å². The molecule has 5 nitrogen and oxygen atoms in total. The van der Waals surface area contributed by atoms with E-state index in [0.717, 1.165) is 23.6 Å². The number of hydrogen-bond acceptors (Lipinski definition) is 3. The van der Waals surface area contributed by atoms with Crippen LogP contribution in [0.2, 0.25) is 0 Å². The Bertz CT molecular complexity index is 689. The van der Waals surface area contributed by atoms with Gasteiger partial charge in [-0.15, -0.1) is 5.10 Å². The Morgan fingerprint density at radius 2 is 1.82 bits per heavy atom. The molecule has 2 heterocycles. The third-order valence-electron chi connectivity index (χ3n) is 3.56. The number of aromatic nitrogens is 3. The summed E-state index contributed by atoms with van der Waals surface area (Å²) in [5.74, 6) is -0.298. The number of amides is 1. The maximum atomic E-state index is 13.0. The van der Waals surface area contributed by atoms with E-state index in [1.165, 1.54) is 24.4 Å². The Hall–Kier alpha value is -2.38. The van der Waals surface area contributed by atoms with E-state index < -0.39 is 11.7 Å². The van der Waals surface area contributed by atoms with Gasteiger partial charge in [-0.1, -0.05) is 17.3 Å². The van der Waals surface area contributed by atoms with E-state index in [9.17, 15) is 18.0 Å². The number of rotatable bonds is 2. The highest BCUT2D eigenvalue weighted by Crippen LogP contribution is 2.33. The molecule has 3 rings (SSSR count). The highest BCUT2D eigenvalue weighted by molar-refractivity contribution is 5.92. The minimum absolute atomic E-state index is 0.0545. The molecule has 0 bridgehead atoms. The first-order valence-corrected chi connectivity index (χ1v) is 6.85. The van der Waals surface area contributed by atoms with Gasteiger partial charge < -0.3 is 4.90 Å². The zero-order valence-corrected chi connectivity index (χ0v) is 11.5. The van der Waals surface area contributed by atoms with Crippen molar-refractivity contribution in [2.45, 2.75) is 19.0 Å². The molecular weight excluding hydrogens is 297 g/mol. The highest BCUT2D eigenvalue weighted by atomic mass is 19.4. The van der Waals surface area contributed by atoms with Crippen LogP contribution in [0.4, 0.5) is 13.2 Å². The summed E-state index contributed by atoms with van der Waals surface area (Å²) in [7, 11) is 0. The van der Waals surface area contributed by atoms with Gasteiger partial charge in [-0.2, -0.15) is 13.2 Å². The molecule has 116 valence electrons. The smallest absolute Gasteiger partial charge is 0.337 e. The van der Waals surface area contributed by atoms with E-state index in [4.69, 9.17) is 0 Å². The Kier molecular flexibility index (Phi) is 3.59. The zero-order chi connectivity index (χ0) is 15.7. The van der Waals surface area contributed by atoms with Crippen molar-refractivity contribution < 1.29 is 18.0 Å². The molecule has 22 heavy (non-hydrogen) atoms. The van der Waals surface area contributed by atoms with Crippen molar-refractivity contribution in [1.29, 1.82) is 0 Å². The van der Waals surface area contributed by atoms with E-state index in [2.05, 4.69) is 10.3 Å². The van der Waals surface area contributed by atoms with Gasteiger partial charge in [0.25, 0.3) is 5.91 Å².